The van der Waals surface area contributed by atoms with Gasteiger partial charge in [0.25, 0.3) is 5.56 Å². The quantitative estimate of drug-likeness (QED) is 0.445. The third kappa shape index (κ3) is 4.74. The average Bonchev–Trinajstić information content (AvgIpc) is 2.87. The number of esters is 1. The second-order valence-corrected chi connectivity index (χ2v) is 10.6. The van der Waals surface area contributed by atoms with Gasteiger partial charge in [-0.2, -0.15) is 0 Å². The van der Waals surface area contributed by atoms with E-state index in [0.29, 0.717) is 21.9 Å². The first kappa shape index (κ1) is 20.4. The molecule has 0 saturated heterocycles. The molecule has 0 bridgehead atoms. The SMILES string of the molecule is Cc1sc2nc(SCC(=O)OC3CCC(C(C)(C)C)CC3)[nH]c(=O)c2c1C. The van der Waals surface area contributed by atoms with E-state index in [1.807, 2.05) is 13.8 Å². The topological polar surface area (TPSA) is 72.0 Å². The molecule has 0 amide bonds. The Balaban J connectivity index is 1.54. The zero-order valence-corrected chi connectivity index (χ0v) is 18.3. The van der Waals surface area contributed by atoms with E-state index in [1.165, 1.54) is 23.1 Å². The molecular formula is C20H28N2O3S2. The first-order valence-corrected chi connectivity index (χ1v) is 11.3. The maximum atomic E-state index is 12.3. The van der Waals surface area contributed by atoms with Crippen molar-refractivity contribution in [3.8, 4) is 0 Å². The number of H-pyrrole nitrogens is 1. The molecule has 1 saturated carbocycles. The Morgan fingerprint density at radius 2 is 1.93 bits per heavy atom. The Bertz CT molecular complexity index is 887. The van der Waals surface area contributed by atoms with Crippen LogP contribution in [0.4, 0.5) is 0 Å². The zero-order chi connectivity index (χ0) is 19.8. The molecule has 0 atom stereocenters. The molecule has 2 aromatic rings. The fourth-order valence-corrected chi connectivity index (χ4v) is 5.43. The molecule has 5 nitrogen and oxygen atoms in total. The fourth-order valence-electron chi connectivity index (χ4n) is 3.70. The number of nitrogens with one attached hydrogen (secondary N) is 1. The second kappa shape index (κ2) is 7.95. The van der Waals surface area contributed by atoms with Crippen LogP contribution >= 0.6 is 23.1 Å². The summed E-state index contributed by atoms with van der Waals surface area (Å²) < 4.78 is 5.64. The number of aromatic nitrogens is 2. The summed E-state index contributed by atoms with van der Waals surface area (Å²) in [6.45, 7) is 10.8. The van der Waals surface area contributed by atoms with Crippen molar-refractivity contribution in [2.45, 2.75) is 71.6 Å². The fraction of sp³-hybridized carbons (Fsp3) is 0.650. The molecule has 3 rings (SSSR count). The number of carbonyl (C=O) groups excluding carboxylic acids is 1. The van der Waals surface area contributed by atoms with Gasteiger partial charge in [-0.15, -0.1) is 11.3 Å². The van der Waals surface area contributed by atoms with Crippen LogP contribution in [0.2, 0.25) is 0 Å². The lowest BCUT2D eigenvalue weighted by Crippen LogP contribution is -2.30. The van der Waals surface area contributed by atoms with Crippen LogP contribution in [0.15, 0.2) is 9.95 Å². The average molecular weight is 409 g/mol. The largest absolute Gasteiger partial charge is 0.462 e. The number of nitrogens with zero attached hydrogens (tertiary/aromatic N) is 1. The minimum atomic E-state index is -0.236. The van der Waals surface area contributed by atoms with Crippen LogP contribution in [-0.4, -0.2) is 27.8 Å². The molecule has 1 N–H and O–H groups in total. The summed E-state index contributed by atoms with van der Waals surface area (Å²) in [5, 5.41) is 1.13. The first-order valence-electron chi connectivity index (χ1n) is 9.47. The van der Waals surface area contributed by atoms with Crippen molar-refractivity contribution in [3.05, 3.63) is 20.8 Å². The Morgan fingerprint density at radius 1 is 1.26 bits per heavy atom. The van der Waals surface area contributed by atoms with Crippen molar-refractivity contribution < 1.29 is 9.53 Å². The Morgan fingerprint density at radius 3 is 2.56 bits per heavy atom. The van der Waals surface area contributed by atoms with Gasteiger partial charge in [0.2, 0.25) is 0 Å². The number of aryl methyl sites for hydroxylation is 2. The summed E-state index contributed by atoms with van der Waals surface area (Å²) in [6, 6.07) is 0. The molecule has 0 spiro atoms. The van der Waals surface area contributed by atoms with E-state index in [4.69, 9.17) is 4.74 Å². The van der Waals surface area contributed by atoms with Gasteiger partial charge in [0.05, 0.1) is 11.1 Å². The maximum Gasteiger partial charge on any atom is 0.316 e. The van der Waals surface area contributed by atoms with Crippen LogP contribution < -0.4 is 5.56 Å². The van der Waals surface area contributed by atoms with Crippen LogP contribution in [0.25, 0.3) is 10.2 Å². The van der Waals surface area contributed by atoms with Crippen LogP contribution in [0.5, 0.6) is 0 Å². The highest BCUT2D eigenvalue weighted by atomic mass is 32.2. The number of hydrogen-bond acceptors (Lipinski definition) is 6. The third-order valence-corrected chi connectivity index (χ3v) is 7.49. The van der Waals surface area contributed by atoms with Gasteiger partial charge in [0, 0.05) is 4.88 Å². The van der Waals surface area contributed by atoms with Gasteiger partial charge < -0.3 is 9.72 Å². The van der Waals surface area contributed by atoms with Crippen molar-refractivity contribution in [1.82, 2.24) is 9.97 Å². The van der Waals surface area contributed by atoms with E-state index in [-0.39, 0.29) is 23.4 Å². The second-order valence-electron chi connectivity index (χ2n) is 8.45. The molecule has 1 aliphatic rings. The van der Waals surface area contributed by atoms with Gasteiger partial charge in [-0.05, 0) is 56.4 Å². The molecule has 27 heavy (non-hydrogen) atoms. The molecule has 148 valence electrons. The minimum absolute atomic E-state index is 0.0220. The van der Waals surface area contributed by atoms with Crippen molar-refractivity contribution in [3.63, 3.8) is 0 Å². The van der Waals surface area contributed by atoms with Crippen LogP contribution in [0.3, 0.4) is 0 Å². The Kier molecular flexibility index (Phi) is 6.01. The Hall–Kier alpha value is -1.34. The van der Waals surface area contributed by atoms with E-state index in [9.17, 15) is 9.59 Å². The van der Waals surface area contributed by atoms with Crippen molar-refractivity contribution in [2.75, 3.05) is 5.75 Å². The third-order valence-electron chi connectivity index (χ3n) is 5.54. The molecule has 2 aromatic heterocycles. The molecule has 1 fully saturated rings. The highest BCUT2D eigenvalue weighted by Gasteiger charge is 2.31. The standard InChI is InChI=1S/C20H28N2O3S2/c1-11-12(2)27-18-16(11)17(24)21-19(22-18)26-10-15(23)25-14-8-6-13(7-9-14)20(3,4)5/h13-14H,6-10H2,1-5H3,(H,21,22,24). The highest BCUT2D eigenvalue weighted by molar-refractivity contribution is 7.99. The first-order chi connectivity index (χ1) is 12.6. The summed E-state index contributed by atoms with van der Waals surface area (Å²) in [6.07, 6.45) is 4.11. The number of carbonyl (C=O) groups is 1. The van der Waals surface area contributed by atoms with Crippen LogP contribution in [0, 0.1) is 25.2 Å². The number of aromatic amines is 1. The predicted octanol–water partition coefficient (Wildman–Crippen LogP) is 4.84. The lowest BCUT2D eigenvalue weighted by molar-refractivity contribution is -0.148. The number of ether oxygens (including phenoxy) is 1. The Labute approximate surface area is 168 Å². The smallest absolute Gasteiger partial charge is 0.316 e. The van der Waals surface area contributed by atoms with Crippen molar-refractivity contribution >= 4 is 39.3 Å². The van der Waals surface area contributed by atoms with Gasteiger partial charge >= 0.3 is 5.97 Å². The number of thiophene rings is 1. The lowest BCUT2D eigenvalue weighted by Gasteiger charge is -2.36. The lowest BCUT2D eigenvalue weighted by atomic mass is 9.72. The van der Waals surface area contributed by atoms with Crippen LogP contribution in [-0.2, 0) is 9.53 Å². The summed E-state index contributed by atoms with van der Waals surface area (Å²) >= 11 is 2.74. The molecule has 0 unspecified atom stereocenters. The van der Waals surface area contributed by atoms with E-state index in [2.05, 4.69) is 30.7 Å². The number of fused-ring (bicyclic) bond motifs is 1. The van der Waals surface area contributed by atoms with Gasteiger partial charge in [-0.25, -0.2) is 4.98 Å². The molecular weight excluding hydrogens is 380 g/mol. The molecule has 0 radical (unpaired) electrons. The van der Waals surface area contributed by atoms with Gasteiger partial charge in [-0.3, -0.25) is 9.59 Å². The summed E-state index contributed by atoms with van der Waals surface area (Å²) in [4.78, 5) is 33.6. The summed E-state index contributed by atoms with van der Waals surface area (Å²) in [7, 11) is 0. The maximum absolute atomic E-state index is 12.3. The summed E-state index contributed by atoms with van der Waals surface area (Å²) in [5.41, 5.74) is 1.16. The molecule has 7 heteroatoms. The van der Waals surface area contributed by atoms with E-state index >= 15 is 0 Å². The minimum Gasteiger partial charge on any atom is -0.462 e. The van der Waals surface area contributed by atoms with Gasteiger partial charge in [-0.1, -0.05) is 32.5 Å². The highest BCUT2D eigenvalue weighted by Crippen LogP contribution is 2.38. The zero-order valence-electron chi connectivity index (χ0n) is 16.7. The van der Waals surface area contributed by atoms with Crippen molar-refractivity contribution in [1.29, 1.82) is 0 Å². The molecule has 0 aliphatic heterocycles. The number of hydrogen-bond donors (Lipinski definition) is 1. The van der Waals surface area contributed by atoms with Crippen molar-refractivity contribution in [2.24, 2.45) is 11.3 Å². The van der Waals surface area contributed by atoms with Crippen LogP contribution in [0.1, 0.15) is 56.9 Å². The van der Waals surface area contributed by atoms with E-state index < -0.39 is 0 Å². The summed E-state index contributed by atoms with van der Waals surface area (Å²) in [5.74, 6) is 0.623. The molecule has 2 heterocycles. The monoisotopic (exact) mass is 408 g/mol. The number of thioether (sulfide) groups is 1. The van der Waals surface area contributed by atoms with Gasteiger partial charge in [0.15, 0.2) is 5.16 Å². The normalized spacial score (nSPS) is 20.8. The number of rotatable bonds is 4. The predicted molar refractivity (Wildman–Crippen MR) is 112 cm³/mol. The van der Waals surface area contributed by atoms with Gasteiger partial charge in [0.1, 0.15) is 10.9 Å². The molecule has 0 aromatic carbocycles. The molecule has 1 aliphatic carbocycles. The van der Waals surface area contributed by atoms with E-state index in [0.717, 1.165) is 41.0 Å². The van der Waals surface area contributed by atoms with E-state index in [1.54, 1.807) is 0 Å².